The Balaban J connectivity index is 0.960. The number of nitrogens with one attached hydrogen (secondary N) is 2. The molecule has 2 fully saturated rings. The first-order chi connectivity index (χ1) is 34.4. The number of aromatic nitrogens is 4. The summed E-state index contributed by atoms with van der Waals surface area (Å²) in [7, 11) is 0. The number of nitrogens with zero attached hydrogens (tertiary/aromatic N) is 10. The third-order valence-electron chi connectivity index (χ3n) is 13.3. The maximum atomic E-state index is 14.2. The second-order valence-corrected chi connectivity index (χ2v) is 18.1. The van der Waals surface area contributed by atoms with E-state index in [-0.39, 0.29) is 0 Å². The highest BCUT2D eigenvalue weighted by Crippen LogP contribution is 2.35. The van der Waals surface area contributed by atoms with Crippen molar-refractivity contribution in [2.45, 2.75) is 52.9 Å². The van der Waals surface area contributed by atoms with Crippen molar-refractivity contribution < 1.29 is 19.1 Å². The molecule has 0 spiro atoms. The summed E-state index contributed by atoms with van der Waals surface area (Å²) in [6.45, 7) is 15.0. The van der Waals surface area contributed by atoms with Gasteiger partial charge in [0.1, 0.15) is 11.6 Å². The zero-order valence-electron chi connectivity index (χ0n) is 40.2. The van der Waals surface area contributed by atoms with Crippen LogP contribution in [0.1, 0.15) is 47.5 Å². The lowest BCUT2D eigenvalue weighted by Crippen LogP contribution is -2.57. The number of carbonyl (C=O) groups excluding carboxylic acids is 2. The van der Waals surface area contributed by atoms with E-state index in [4.69, 9.17) is 29.4 Å². The van der Waals surface area contributed by atoms with E-state index in [2.05, 4.69) is 78.8 Å². The van der Waals surface area contributed by atoms with Crippen molar-refractivity contribution in [1.29, 1.82) is 0 Å². The van der Waals surface area contributed by atoms with Gasteiger partial charge in [-0.2, -0.15) is 10.0 Å². The van der Waals surface area contributed by atoms with Crippen molar-refractivity contribution in [3.8, 4) is 22.8 Å². The van der Waals surface area contributed by atoms with E-state index in [1.807, 2.05) is 74.5 Å². The van der Waals surface area contributed by atoms with Crippen LogP contribution >= 0.6 is 0 Å². The molecule has 0 atom stereocenters. The zero-order valence-corrected chi connectivity index (χ0v) is 40.2. The van der Waals surface area contributed by atoms with Crippen molar-refractivity contribution in [2.75, 3.05) is 98.6 Å². The molecule has 0 saturated carbocycles. The predicted octanol–water partition coefficient (Wildman–Crippen LogP) is 7.08. The Morgan fingerprint density at radius 3 is 1.27 bits per heavy atom. The number of hydrogen-bond acceptors (Lipinski definition) is 12. The molecule has 0 aliphatic carbocycles. The molecule has 6 heterocycles. The fourth-order valence-electron chi connectivity index (χ4n) is 9.82. The van der Waals surface area contributed by atoms with Crippen molar-refractivity contribution in [2.24, 2.45) is 0 Å². The number of urea groups is 2. The highest BCUT2D eigenvalue weighted by atomic mass is 16.5. The number of rotatable bonds is 12. The lowest BCUT2D eigenvalue weighted by Gasteiger charge is -2.35. The number of hydrazine groups is 1. The minimum absolute atomic E-state index is 0.355. The van der Waals surface area contributed by atoms with E-state index in [9.17, 15) is 9.59 Å². The van der Waals surface area contributed by atoms with Gasteiger partial charge in [-0.05, 0) is 86.3 Å². The van der Waals surface area contributed by atoms with Crippen LogP contribution in [0.3, 0.4) is 0 Å². The molecule has 4 aromatic carbocycles. The topological polar surface area (TPSA) is 148 Å². The number of carbonyl (C=O) groups is 2. The summed E-state index contributed by atoms with van der Waals surface area (Å²) >= 11 is 0. The lowest BCUT2D eigenvalue weighted by molar-refractivity contribution is 0.122. The normalized spacial score (nSPS) is 16.3. The van der Waals surface area contributed by atoms with Crippen LogP contribution in [0.2, 0.25) is 0 Å². The Morgan fingerprint density at radius 2 is 0.900 bits per heavy atom. The molecular formula is C54H62N12O4. The molecule has 0 unspecified atom stereocenters. The first-order valence-corrected chi connectivity index (χ1v) is 24.8. The average Bonchev–Trinajstić information content (AvgIpc) is 3.40. The van der Waals surface area contributed by atoms with Gasteiger partial charge in [0, 0.05) is 101 Å². The number of ether oxygens (including phenoxy) is 2. The number of benzene rings is 4. The molecule has 4 aliphatic rings. The summed E-state index contributed by atoms with van der Waals surface area (Å²) in [4.78, 5) is 58.9. The Morgan fingerprint density at radius 1 is 0.514 bits per heavy atom. The Kier molecular flexibility index (Phi) is 14.5. The van der Waals surface area contributed by atoms with E-state index in [0.29, 0.717) is 75.6 Å². The predicted molar refractivity (Wildman–Crippen MR) is 273 cm³/mol. The quantitative estimate of drug-likeness (QED) is 0.121. The number of fused-ring (bicyclic) bond motifs is 2. The molecule has 16 nitrogen and oxygen atoms in total. The van der Waals surface area contributed by atoms with Gasteiger partial charge in [-0.15, -0.1) is 0 Å². The van der Waals surface area contributed by atoms with Crippen LogP contribution in [0.5, 0.6) is 0 Å². The maximum absolute atomic E-state index is 14.2. The molecule has 70 heavy (non-hydrogen) atoms. The second kappa shape index (κ2) is 21.8. The molecule has 16 heteroatoms. The van der Waals surface area contributed by atoms with E-state index in [1.54, 1.807) is 0 Å². The molecule has 2 N–H and O–H groups in total. The number of morpholine rings is 2. The van der Waals surface area contributed by atoms with Crippen LogP contribution in [-0.4, -0.2) is 121 Å². The van der Waals surface area contributed by atoms with E-state index in [0.717, 1.165) is 99.4 Å². The Hall–Kier alpha value is -6.98. The lowest BCUT2D eigenvalue weighted by atomic mass is 10.0. The number of amides is 4. The standard InChI is InChI=1S/C54H62N12O4/c1-3-55-53(67)65(43-19-15-41(16-20-43)49-57-47-37-61(35-39-11-7-5-8-12-39)25-23-45(47)51(59-49)63-27-31-69-32-28-63)66(54(68)56-4-2)44-21-17-42(18-22-44)50-58-48-38-62(36-40-13-9-6-10-14-40)26-24-46(48)52(60-50)64-29-33-70-34-30-64/h5-22H,3-4,23-38H2,1-2H3,(H,55,67)(H,56,68). The molecule has 10 rings (SSSR count). The minimum atomic E-state index is -0.461. The molecule has 362 valence electrons. The average molecular weight is 943 g/mol. The summed E-state index contributed by atoms with van der Waals surface area (Å²) in [6.07, 6.45) is 1.71. The number of hydrogen-bond donors (Lipinski definition) is 2. The van der Waals surface area contributed by atoms with Gasteiger partial charge < -0.3 is 29.9 Å². The molecule has 2 saturated heterocycles. The summed E-state index contributed by atoms with van der Waals surface area (Å²) in [5.41, 5.74) is 9.55. The molecular weight excluding hydrogens is 881 g/mol. The largest absolute Gasteiger partial charge is 0.378 e. The zero-order chi connectivity index (χ0) is 47.8. The smallest absolute Gasteiger partial charge is 0.341 e. The summed E-state index contributed by atoms with van der Waals surface area (Å²) in [5, 5.41) is 8.65. The number of anilines is 4. The van der Waals surface area contributed by atoms with Crippen molar-refractivity contribution in [3.63, 3.8) is 0 Å². The SMILES string of the molecule is CCNC(=O)N(c1ccc(-c2nc3c(c(N4CCOCC4)n2)CCN(Cc2ccccc2)C3)cc1)N(C(=O)NCC)c1ccc(-c2nc3c(c(N4CCOCC4)n2)CCN(Cc2ccccc2)C3)cc1. The Labute approximate surface area is 410 Å². The second-order valence-electron chi connectivity index (χ2n) is 18.1. The summed E-state index contributed by atoms with van der Waals surface area (Å²) in [5.74, 6) is 3.15. The van der Waals surface area contributed by atoms with Crippen LogP contribution in [0, 0.1) is 0 Å². The van der Waals surface area contributed by atoms with Crippen LogP contribution in [0.25, 0.3) is 22.8 Å². The summed E-state index contributed by atoms with van der Waals surface area (Å²) < 4.78 is 11.5. The van der Waals surface area contributed by atoms with Gasteiger partial charge in [-0.1, -0.05) is 60.7 Å². The third-order valence-corrected chi connectivity index (χ3v) is 13.3. The fourth-order valence-corrected chi connectivity index (χ4v) is 9.82. The Bertz CT molecular complexity index is 2550. The van der Waals surface area contributed by atoms with Gasteiger partial charge in [0.15, 0.2) is 11.6 Å². The van der Waals surface area contributed by atoms with Gasteiger partial charge >= 0.3 is 12.1 Å². The van der Waals surface area contributed by atoms with E-state index >= 15 is 0 Å². The molecule has 0 bridgehead atoms. The first-order valence-electron chi connectivity index (χ1n) is 24.8. The van der Waals surface area contributed by atoms with Crippen molar-refractivity contribution in [3.05, 3.63) is 143 Å². The van der Waals surface area contributed by atoms with Crippen molar-refractivity contribution >= 4 is 35.1 Å². The molecule has 0 radical (unpaired) electrons. The highest BCUT2D eigenvalue weighted by Gasteiger charge is 2.32. The van der Waals surface area contributed by atoms with Crippen LogP contribution in [0.15, 0.2) is 109 Å². The molecule has 2 aromatic heterocycles. The van der Waals surface area contributed by atoms with Gasteiger partial charge in [0.2, 0.25) is 0 Å². The molecule has 4 amide bonds. The monoisotopic (exact) mass is 943 g/mol. The summed E-state index contributed by atoms with van der Waals surface area (Å²) in [6, 6.07) is 35.3. The molecule has 6 aromatic rings. The highest BCUT2D eigenvalue weighted by molar-refractivity contribution is 6.05. The molecule has 4 aliphatic heterocycles. The van der Waals surface area contributed by atoms with E-state index < -0.39 is 12.1 Å². The van der Waals surface area contributed by atoms with Crippen LogP contribution in [0.4, 0.5) is 32.6 Å². The van der Waals surface area contributed by atoms with Gasteiger partial charge in [-0.3, -0.25) is 9.80 Å². The van der Waals surface area contributed by atoms with Gasteiger partial charge in [-0.25, -0.2) is 29.5 Å². The minimum Gasteiger partial charge on any atom is -0.378 e. The van der Waals surface area contributed by atoms with Gasteiger partial charge in [0.05, 0.1) is 49.2 Å². The first kappa shape index (κ1) is 46.7. The third kappa shape index (κ3) is 10.5. The van der Waals surface area contributed by atoms with E-state index in [1.165, 1.54) is 32.3 Å². The van der Waals surface area contributed by atoms with Crippen LogP contribution < -0.4 is 30.5 Å². The fraction of sp³-hybridized carbons (Fsp3) is 0.370. The maximum Gasteiger partial charge on any atom is 0.341 e. The van der Waals surface area contributed by atoms with Crippen molar-refractivity contribution in [1.82, 2.24) is 40.4 Å². The van der Waals surface area contributed by atoms with Crippen LogP contribution in [-0.2, 0) is 48.5 Å². The van der Waals surface area contributed by atoms with Gasteiger partial charge in [0.25, 0.3) is 0 Å².